The van der Waals surface area contributed by atoms with E-state index in [-0.39, 0.29) is 11.1 Å². The number of hydrogen-bond acceptors (Lipinski definition) is 2. The van der Waals surface area contributed by atoms with Gasteiger partial charge in [-0.15, -0.1) is 0 Å². The fourth-order valence-corrected chi connectivity index (χ4v) is 2.36. The first-order valence-corrected chi connectivity index (χ1v) is 7.03. The van der Waals surface area contributed by atoms with Gasteiger partial charge in [0.05, 0.1) is 22.5 Å². The van der Waals surface area contributed by atoms with E-state index in [1.54, 1.807) is 18.2 Å². The molecule has 5 nitrogen and oxygen atoms in total. The predicted molar refractivity (Wildman–Crippen MR) is 87.1 cm³/mol. The normalized spacial score (nSPS) is 10.3. The summed E-state index contributed by atoms with van der Waals surface area (Å²) in [6, 6.07) is 17.2. The summed E-state index contributed by atoms with van der Waals surface area (Å²) >= 11 is 0. The van der Waals surface area contributed by atoms with E-state index in [9.17, 15) is 14.7 Å². The molecule has 3 rings (SSSR count). The van der Waals surface area contributed by atoms with Gasteiger partial charge in [0.2, 0.25) is 0 Å². The Bertz CT molecular complexity index is 854. The number of carboxylic acids is 1. The van der Waals surface area contributed by atoms with E-state index in [2.05, 4.69) is 5.32 Å². The average molecular weight is 306 g/mol. The Morgan fingerprint density at radius 2 is 1.43 bits per heavy atom. The van der Waals surface area contributed by atoms with Gasteiger partial charge < -0.3 is 15.0 Å². The number of nitrogens with one attached hydrogen (secondary N) is 1. The molecule has 0 aliphatic rings. The van der Waals surface area contributed by atoms with Gasteiger partial charge >= 0.3 is 5.97 Å². The Labute approximate surface area is 132 Å². The van der Waals surface area contributed by atoms with Gasteiger partial charge in [0.25, 0.3) is 5.91 Å². The van der Waals surface area contributed by atoms with Gasteiger partial charge in [-0.1, -0.05) is 24.3 Å². The largest absolute Gasteiger partial charge is 0.478 e. The van der Waals surface area contributed by atoms with Crippen LogP contribution in [0.3, 0.4) is 0 Å². The van der Waals surface area contributed by atoms with Crippen LogP contribution in [0.25, 0.3) is 5.69 Å². The second-order valence-electron chi connectivity index (χ2n) is 4.91. The van der Waals surface area contributed by atoms with Crippen LogP contribution in [0.15, 0.2) is 73.1 Å². The zero-order valence-corrected chi connectivity index (χ0v) is 12.1. The molecule has 0 bridgehead atoms. The van der Waals surface area contributed by atoms with E-state index in [0.717, 1.165) is 5.69 Å². The molecule has 5 heteroatoms. The monoisotopic (exact) mass is 306 g/mol. The van der Waals surface area contributed by atoms with Crippen LogP contribution in [0.4, 0.5) is 5.69 Å². The Morgan fingerprint density at radius 3 is 2.13 bits per heavy atom. The van der Waals surface area contributed by atoms with Crippen molar-refractivity contribution in [1.82, 2.24) is 4.57 Å². The highest BCUT2D eigenvalue weighted by Crippen LogP contribution is 2.21. The molecule has 114 valence electrons. The molecule has 1 amide bonds. The summed E-state index contributed by atoms with van der Waals surface area (Å²) < 4.78 is 1.87. The molecule has 0 spiro atoms. The van der Waals surface area contributed by atoms with Crippen molar-refractivity contribution in [2.24, 2.45) is 0 Å². The molecule has 0 aliphatic carbocycles. The zero-order valence-electron chi connectivity index (χ0n) is 12.1. The minimum atomic E-state index is -1.13. The maximum atomic E-state index is 12.5. The fraction of sp³-hybridized carbons (Fsp3) is 0. The first kappa shape index (κ1) is 14.6. The van der Waals surface area contributed by atoms with Crippen molar-refractivity contribution in [2.75, 3.05) is 5.32 Å². The van der Waals surface area contributed by atoms with E-state index in [0.29, 0.717) is 5.69 Å². The van der Waals surface area contributed by atoms with Crippen LogP contribution in [-0.2, 0) is 0 Å². The molecule has 3 aromatic rings. The van der Waals surface area contributed by atoms with Crippen molar-refractivity contribution in [1.29, 1.82) is 0 Å². The summed E-state index contributed by atoms with van der Waals surface area (Å²) in [6.45, 7) is 0. The number of carbonyl (C=O) groups is 2. The Morgan fingerprint density at radius 1 is 0.826 bits per heavy atom. The molecule has 0 unspecified atom stereocenters. The molecular weight excluding hydrogens is 292 g/mol. The molecule has 1 aromatic heterocycles. The van der Waals surface area contributed by atoms with Gasteiger partial charge in [-0.3, -0.25) is 4.79 Å². The third-order valence-electron chi connectivity index (χ3n) is 3.44. The third kappa shape index (κ3) is 2.98. The van der Waals surface area contributed by atoms with Crippen LogP contribution in [0.2, 0.25) is 0 Å². The summed E-state index contributed by atoms with van der Waals surface area (Å²) in [5.74, 6) is -1.59. The lowest BCUT2D eigenvalue weighted by molar-refractivity contribution is 0.0692. The van der Waals surface area contributed by atoms with Gasteiger partial charge in [0, 0.05) is 12.4 Å². The van der Waals surface area contributed by atoms with Crippen molar-refractivity contribution >= 4 is 17.6 Å². The molecule has 2 aromatic carbocycles. The van der Waals surface area contributed by atoms with E-state index in [1.165, 1.54) is 12.1 Å². The van der Waals surface area contributed by atoms with Crippen LogP contribution in [0, 0.1) is 0 Å². The van der Waals surface area contributed by atoms with E-state index >= 15 is 0 Å². The number of para-hydroxylation sites is 2. The number of amides is 1. The van der Waals surface area contributed by atoms with Crippen LogP contribution in [0.5, 0.6) is 0 Å². The highest BCUT2D eigenvalue weighted by molar-refractivity contribution is 6.11. The number of nitrogens with zero attached hydrogens (tertiary/aromatic N) is 1. The molecular formula is C18H14N2O3. The topological polar surface area (TPSA) is 71.3 Å². The number of aromatic nitrogens is 1. The van der Waals surface area contributed by atoms with E-state index in [4.69, 9.17) is 0 Å². The summed E-state index contributed by atoms with van der Waals surface area (Å²) in [7, 11) is 0. The van der Waals surface area contributed by atoms with Gasteiger partial charge in [-0.05, 0) is 36.4 Å². The highest BCUT2D eigenvalue weighted by Gasteiger charge is 2.16. The van der Waals surface area contributed by atoms with Crippen molar-refractivity contribution in [3.05, 3.63) is 84.2 Å². The lowest BCUT2D eigenvalue weighted by atomic mass is 10.1. The first-order valence-electron chi connectivity index (χ1n) is 7.03. The maximum absolute atomic E-state index is 12.5. The molecule has 0 aliphatic heterocycles. The molecule has 23 heavy (non-hydrogen) atoms. The number of benzene rings is 2. The van der Waals surface area contributed by atoms with Gasteiger partial charge in [0.15, 0.2) is 0 Å². The molecule has 0 atom stereocenters. The number of carbonyl (C=O) groups excluding carboxylic acids is 1. The fourth-order valence-electron chi connectivity index (χ4n) is 2.36. The SMILES string of the molecule is O=C(O)c1ccccc1C(=O)Nc1ccccc1-n1cccc1. The van der Waals surface area contributed by atoms with Crippen LogP contribution in [-0.4, -0.2) is 21.6 Å². The van der Waals surface area contributed by atoms with Gasteiger partial charge in [0.1, 0.15) is 0 Å². The molecule has 2 N–H and O–H groups in total. The highest BCUT2D eigenvalue weighted by atomic mass is 16.4. The summed E-state index contributed by atoms with van der Waals surface area (Å²) in [4.78, 5) is 23.7. The second-order valence-corrected chi connectivity index (χ2v) is 4.91. The Kier molecular flexibility index (Phi) is 3.93. The van der Waals surface area contributed by atoms with Gasteiger partial charge in [-0.2, -0.15) is 0 Å². The average Bonchev–Trinajstić information content (AvgIpc) is 3.09. The number of rotatable bonds is 4. The molecule has 0 fully saturated rings. The van der Waals surface area contributed by atoms with Gasteiger partial charge in [-0.25, -0.2) is 4.79 Å². The summed E-state index contributed by atoms with van der Waals surface area (Å²) in [5.41, 5.74) is 1.51. The molecule has 1 heterocycles. The number of carboxylic acid groups (broad SMARTS) is 1. The summed E-state index contributed by atoms with van der Waals surface area (Å²) in [5, 5.41) is 12.0. The minimum absolute atomic E-state index is 0.0246. The van der Waals surface area contributed by atoms with Crippen LogP contribution < -0.4 is 5.32 Å². The van der Waals surface area contributed by atoms with Crippen molar-refractivity contribution in [3.8, 4) is 5.69 Å². The van der Waals surface area contributed by atoms with Crippen molar-refractivity contribution in [3.63, 3.8) is 0 Å². The number of anilines is 1. The predicted octanol–water partition coefficient (Wildman–Crippen LogP) is 3.43. The van der Waals surface area contributed by atoms with E-state index < -0.39 is 11.9 Å². The Balaban J connectivity index is 1.95. The van der Waals surface area contributed by atoms with Crippen LogP contribution >= 0.6 is 0 Å². The lowest BCUT2D eigenvalue weighted by Crippen LogP contribution is -2.17. The quantitative estimate of drug-likeness (QED) is 0.775. The van der Waals surface area contributed by atoms with Crippen LogP contribution in [0.1, 0.15) is 20.7 Å². The minimum Gasteiger partial charge on any atom is -0.478 e. The zero-order chi connectivity index (χ0) is 16.2. The number of hydrogen-bond donors (Lipinski definition) is 2. The first-order chi connectivity index (χ1) is 11.2. The smallest absolute Gasteiger partial charge is 0.336 e. The van der Waals surface area contributed by atoms with Crippen molar-refractivity contribution < 1.29 is 14.7 Å². The lowest BCUT2D eigenvalue weighted by Gasteiger charge is -2.13. The standard InChI is InChI=1S/C18H14N2O3/c21-17(13-7-1-2-8-14(13)18(22)23)19-15-9-3-4-10-16(15)20-11-5-6-12-20/h1-12H,(H,19,21)(H,22,23). The molecule has 0 saturated heterocycles. The molecule has 0 saturated carbocycles. The van der Waals surface area contributed by atoms with E-state index in [1.807, 2.05) is 47.3 Å². The third-order valence-corrected chi connectivity index (χ3v) is 3.44. The summed E-state index contributed by atoms with van der Waals surface area (Å²) in [6.07, 6.45) is 3.74. The number of aromatic carboxylic acids is 1. The maximum Gasteiger partial charge on any atom is 0.336 e. The van der Waals surface area contributed by atoms with Crippen molar-refractivity contribution in [2.45, 2.75) is 0 Å². The molecule has 0 radical (unpaired) electrons. The Hall–Kier alpha value is -3.34. The second kappa shape index (κ2) is 6.19.